The second-order valence-corrected chi connectivity index (χ2v) is 5.75. The van der Waals surface area contributed by atoms with Gasteiger partial charge in [0.1, 0.15) is 5.71 Å². The topological polar surface area (TPSA) is 85.2 Å². The molecule has 7 heteroatoms. The Labute approximate surface area is 95.2 Å². The molecule has 0 aliphatic rings. The highest BCUT2D eigenvalue weighted by atomic mass is 31.2. The van der Waals surface area contributed by atoms with Crippen molar-refractivity contribution in [1.82, 2.24) is 0 Å². The van der Waals surface area contributed by atoms with Gasteiger partial charge in [0.05, 0.1) is 18.4 Å². The molecule has 94 valence electrons. The molecule has 0 bridgehead atoms. The highest BCUT2D eigenvalue weighted by Gasteiger charge is 2.30. The van der Waals surface area contributed by atoms with Gasteiger partial charge in [0.2, 0.25) is 0 Å². The van der Waals surface area contributed by atoms with Gasteiger partial charge in [-0.25, -0.2) is 0 Å². The SMILES string of the molecule is CC(C)OP(=O)(C/C(C=O)=N\O)OC(C)C. The van der Waals surface area contributed by atoms with E-state index in [9.17, 15) is 9.36 Å². The van der Waals surface area contributed by atoms with Crippen molar-refractivity contribution in [3.05, 3.63) is 0 Å². The van der Waals surface area contributed by atoms with Crippen LogP contribution in [-0.2, 0) is 18.4 Å². The van der Waals surface area contributed by atoms with E-state index in [0.717, 1.165) is 0 Å². The number of rotatable bonds is 7. The molecule has 0 saturated carbocycles. The summed E-state index contributed by atoms with van der Waals surface area (Å²) >= 11 is 0. The van der Waals surface area contributed by atoms with E-state index in [1.54, 1.807) is 27.7 Å². The average Bonchev–Trinajstić information content (AvgIpc) is 2.11. The molecule has 6 nitrogen and oxygen atoms in total. The maximum atomic E-state index is 12.2. The molecule has 0 aromatic carbocycles. The summed E-state index contributed by atoms with van der Waals surface area (Å²) in [6.07, 6.45) is -0.629. The Kier molecular flexibility index (Phi) is 6.48. The zero-order valence-corrected chi connectivity index (χ0v) is 10.8. The predicted molar refractivity (Wildman–Crippen MR) is 60.2 cm³/mol. The maximum Gasteiger partial charge on any atom is 0.337 e. The zero-order valence-electron chi connectivity index (χ0n) is 9.91. The Hall–Kier alpha value is -0.710. The lowest BCUT2D eigenvalue weighted by Crippen LogP contribution is -2.16. The van der Waals surface area contributed by atoms with Crippen LogP contribution in [0.4, 0.5) is 0 Å². The van der Waals surface area contributed by atoms with Gasteiger partial charge in [-0.1, -0.05) is 5.16 Å². The van der Waals surface area contributed by atoms with Gasteiger partial charge in [0.25, 0.3) is 0 Å². The van der Waals surface area contributed by atoms with Crippen molar-refractivity contribution in [3.63, 3.8) is 0 Å². The van der Waals surface area contributed by atoms with E-state index < -0.39 is 7.60 Å². The van der Waals surface area contributed by atoms with E-state index >= 15 is 0 Å². The van der Waals surface area contributed by atoms with Crippen LogP contribution in [0.5, 0.6) is 0 Å². The number of hydrogen-bond acceptors (Lipinski definition) is 6. The summed E-state index contributed by atoms with van der Waals surface area (Å²) in [4.78, 5) is 10.5. The molecule has 0 fully saturated rings. The van der Waals surface area contributed by atoms with E-state index in [1.165, 1.54) is 0 Å². The number of carbonyl (C=O) groups excluding carboxylic acids is 1. The monoisotopic (exact) mass is 251 g/mol. The summed E-state index contributed by atoms with van der Waals surface area (Å²) in [5.41, 5.74) is -0.260. The maximum absolute atomic E-state index is 12.2. The summed E-state index contributed by atoms with van der Waals surface area (Å²) in [6.45, 7) is 6.81. The molecular formula is C9H18NO5P. The van der Waals surface area contributed by atoms with Crippen LogP contribution in [0.2, 0.25) is 0 Å². The Bertz CT molecular complexity index is 286. The van der Waals surface area contributed by atoms with Crippen molar-refractivity contribution in [2.75, 3.05) is 6.16 Å². The second-order valence-electron chi connectivity index (χ2n) is 3.79. The third kappa shape index (κ3) is 6.00. The van der Waals surface area contributed by atoms with Crippen molar-refractivity contribution in [3.8, 4) is 0 Å². The van der Waals surface area contributed by atoms with E-state index in [2.05, 4.69) is 5.16 Å². The number of aldehydes is 1. The molecular weight excluding hydrogens is 233 g/mol. The van der Waals surface area contributed by atoms with Gasteiger partial charge in [-0.2, -0.15) is 0 Å². The lowest BCUT2D eigenvalue weighted by molar-refractivity contribution is -0.102. The Morgan fingerprint density at radius 3 is 2.00 bits per heavy atom. The van der Waals surface area contributed by atoms with Crippen molar-refractivity contribution in [2.45, 2.75) is 39.9 Å². The Morgan fingerprint density at radius 1 is 1.31 bits per heavy atom. The van der Waals surface area contributed by atoms with Crippen LogP contribution in [0.25, 0.3) is 0 Å². The van der Waals surface area contributed by atoms with Crippen LogP contribution in [0, 0.1) is 0 Å². The number of nitrogens with zero attached hydrogens (tertiary/aromatic N) is 1. The molecule has 0 aliphatic heterocycles. The van der Waals surface area contributed by atoms with Crippen LogP contribution >= 0.6 is 7.60 Å². The third-order valence-corrected chi connectivity index (χ3v) is 3.56. The molecule has 0 aromatic rings. The van der Waals surface area contributed by atoms with E-state index in [1.807, 2.05) is 0 Å². The second kappa shape index (κ2) is 6.78. The average molecular weight is 251 g/mol. The predicted octanol–water partition coefficient (Wildman–Crippen LogP) is 2.06. The smallest absolute Gasteiger partial charge is 0.337 e. The van der Waals surface area contributed by atoms with Crippen molar-refractivity contribution < 1.29 is 23.6 Å². The standard InChI is InChI=1S/C9H18NO5P/c1-7(2)14-16(13,15-8(3)4)6-9(5-11)10-12/h5,7-8,12H,6H2,1-4H3/b10-9-. The van der Waals surface area contributed by atoms with Gasteiger partial charge in [0.15, 0.2) is 6.29 Å². The minimum absolute atomic E-state index is 0.260. The van der Waals surface area contributed by atoms with Gasteiger partial charge in [-0.3, -0.25) is 9.36 Å². The Balaban J connectivity index is 4.79. The Morgan fingerprint density at radius 2 is 1.75 bits per heavy atom. The fourth-order valence-electron chi connectivity index (χ4n) is 1.03. The first-order valence-corrected chi connectivity index (χ1v) is 6.67. The van der Waals surface area contributed by atoms with E-state index in [0.29, 0.717) is 6.29 Å². The van der Waals surface area contributed by atoms with Crippen LogP contribution in [0.1, 0.15) is 27.7 Å². The highest BCUT2D eigenvalue weighted by Crippen LogP contribution is 2.50. The number of hydrogen-bond donors (Lipinski definition) is 1. The normalized spacial score (nSPS) is 13.5. The zero-order chi connectivity index (χ0) is 12.8. The molecule has 0 saturated heterocycles. The summed E-state index contributed by atoms with van der Waals surface area (Å²) in [5.74, 6) is 0. The van der Waals surface area contributed by atoms with Crippen LogP contribution in [0.3, 0.4) is 0 Å². The molecule has 0 amide bonds. The van der Waals surface area contributed by atoms with Gasteiger partial charge in [-0.05, 0) is 27.7 Å². The minimum atomic E-state index is -3.44. The van der Waals surface area contributed by atoms with Gasteiger partial charge >= 0.3 is 7.60 Å². The quantitative estimate of drug-likeness (QED) is 0.246. The molecule has 0 unspecified atom stereocenters. The summed E-state index contributed by atoms with van der Waals surface area (Å²) in [6, 6.07) is 0. The highest BCUT2D eigenvalue weighted by molar-refractivity contribution is 7.55. The van der Waals surface area contributed by atoms with Gasteiger partial charge < -0.3 is 14.3 Å². The third-order valence-electron chi connectivity index (χ3n) is 1.36. The molecule has 0 aromatic heterocycles. The molecule has 1 N–H and O–H groups in total. The first kappa shape index (κ1) is 15.3. The fraction of sp³-hybridized carbons (Fsp3) is 0.778. The first-order chi connectivity index (χ1) is 7.33. The number of oxime groups is 1. The minimum Gasteiger partial charge on any atom is -0.411 e. The van der Waals surface area contributed by atoms with E-state index in [-0.39, 0.29) is 24.1 Å². The molecule has 0 rings (SSSR count). The first-order valence-electron chi connectivity index (χ1n) is 4.95. The summed E-state index contributed by atoms with van der Waals surface area (Å²) in [5, 5.41) is 11.2. The van der Waals surface area contributed by atoms with Crippen molar-refractivity contribution in [1.29, 1.82) is 0 Å². The van der Waals surface area contributed by atoms with E-state index in [4.69, 9.17) is 14.3 Å². The fourth-order valence-corrected chi connectivity index (χ4v) is 3.05. The molecule has 0 radical (unpaired) electrons. The van der Waals surface area contributed by atoms with Crippen LogP contribution in [0.15, 0.2) is 5.16 Å². The van der Waals surface area contributed by atoms with Gasteiger partial charge in [-0.15, -0.1) is 0 Å². The van der Waals surface area contributed by atoms with Crippen molar-refractivity contribution in [2.24, 2.45) is 5.16 Å². The molecule has 0 spiro atoms. The summed E-state index contributed by atoms with van der Waals surface area (Å²) in [7, 11) is -3.44. The lowest BCUT2D eigenvalue weighted by atomic mass is 10.5. The summed E-state index contributed by atoms with van der Waals surface area (Å²) < 4.78 is 22.5. The van der Waals surface area contributed by atoms with Gasteiger partial charge in [0, 0.05) is 0 Å². The lowest BCUT2D eigenvalue weighted by Gasteiger charge is -2.21. The number of carbonyl (C=O) groups is 1. The molecule has 0 aliphatic carbocycles. The van der Waals surface area contributed by atoms with Crippen LogP contribution < -0.4 is 0 Å². The van der Waals surface area contributed by atoms with Crippen LogP contribution in [-0.4, -0.2) is 35.6 Å². The molecule has 16 heavy (non-hydrogen) atoms. The molecule has 0 heterocycles. The molecule has 0 atom stereocenters. The largest absolute Gasteiger partial charge is 0.411 e. The van der Waals surface area contributed by atoms with Crippen molar-refractivity contribution >= 4 is 19.6 Å².